The maximum Gasteiger partial charge on any atom is 0.303 e. The van der Waals surface area contributed by atoms with Crippen molar-refractivity contribution in [2.75, 3.05) is 6.54 Å². The van der Waals surface area contributed by atoms with Gasteiger partial charge < -0.3 is 10.4 Å². The van der Waals surface area contributed by atoms with Crippen LogP contribution in [0.1, 0.15) is 18.5 Å². The van der Waals surface area contributed by atoms with Crippen molar-refractivity contribution >= 4 is 45.9 Å². The Morgan fingerprint density at radius 1 is 1.55 bits per heavy atom. The standard InChI is InChI=1S/C12H12ClN3O3S/c13-11-8(16-6-7-20-12(16)15-11)3-4-9(17)14-5-1-2-10(18)19/h3-4,6-7H,1-2,5H2,(H,14,17)(H,18,19)/b4-3+. The average Bonchev–Trinajstić information content (AvgIpc) is 2.93. The van der Waals surface area contributed by atoms with Crippen molar-refractivity contribution in [2.45, 2.75) is 12.8 Å². The maximum absolute atomic E-state index is 11.6. The highest BCUT2D eigenvalue weighted by Crippen LogP contribution is 2.22. The van der Waals surface area contributed by atoms with Gasteiger partial charge in [0.15, 0.2) is 10.1 Å². The van der Waals surface area contributed by atoms with Gasteiger partial charge in [-0.05, 0) is 12.5 Å². The van der Waals surface area contributed by atoms with E-state index >= 15 is 0 Å². The number of amides is 1. The SMILES string of the molecule is O=C(O)CCCNC(=O)/C=C/c1c(Cl)nc2sccn12. The number of carboxylic acids is 1. The fourth-order valence-electron chi connectivity index (χ4n) is 1.59. The molecule has 2 aromatic rings. The Balaban J connectivity index is 1.92. The van der Waals surface area contributed by atoms with Crippen molar-refractivity contribution in [1.29, 1.82) is 0 Å². The smallest absolute Gasteiger partial charge is 0.303 e. The monoisotopic (exact) mass is 313 g/mol. The summed E-state index contributed by atoms with van der Waals surface area (Å²) in [6.45, 7) is 0.323. The fraction of sp³-hybridized carbons (Fsp3) is 0.250. The van der Waals surface area contributed by atoms with Crippen LogP contribution in [0.4, 0.5) is 0 Å². The lowest BCUT2D eigenvalue weighted by molar-refractivity contribution is -0.137. The summed E-state index contributed by atoms with van der Waals surface area (Å²) in [6.07, 6.45) is 5.20. The Bertz CT molecular complexity index is 662. The third-order valence-electron chi connectivity index (χ3n) is 2.51. The van der Waals surface area contributed by atoms with Gasteiger partial charge in [-0.15, -0.1) is 11.3 Å². The molecule has 2 rings (SSSR count). The van der Waals surface area contributed by atoms with E-state index in [2.05, 4.69) is 10.3 Å². The first-order valence-electron chi connectivity index (χ1n) is 5.86. The second kappa shape index (κ2) is 6.53. The molecule has 0 spiro atoms. The van der Waals surface area contributed by atoms with E-state index in [0.717, 1.165) is 4.96 Å². The lowest BCUT2D eigenvalue weighted by Gasteiger charge is -1.99. The van der Waals surface area contributed by atoms with Crippen molar-refractivity contribution < 1.29 is 14.7 Å². The minimum atomic E-state index is -0.874. The van der Waals surface area contributed by atoms with E-state index in [1.165, 1.54) is 17.4 Å². The molecular formula is C12H12ClN3O3S. The number of nitrogens with one attached hydrogen (secondary N) is 1. The lowest BCUT2D eigenvalue weighted by Crippen LogP contribution is -2.22. The van der Waals surface area contributed by atoms with Crippen LogP contribution in [-0.2, 0) is 9.59 Å². The fourth-order valence-corrected chi connectivity index (χ4v) is 2.60. The van der Waals surface area contributed by atoms with E-state index in [0.29, 0.717) is 23.8 Å². The van der Waals surface area contributed by atoms with Gasteiger partial charge in [0, 0.05) is 30.6 Å². The molecule has 2 N–H and O–H groups in total. The number of carbonyl (C=O) groups is 2. The summed E-state index contributed by atoms with van der Waals surface area (Å²) in [5, 5.41) is 13.3. The number of rotatable bonds is 6. The second-order valence-electron chi connectivity index (χ2n) is 3.97. The van der Waals surface area contributed by atoms with E-state index in [4.69, 9.17) is 16.7 Å². The van der Waals surface area contributed by atoms with Crippen LogP contribution in [0.2, 0.25) is 5.15 Å². The quantitative estimate of drug-likeness (QED) is 0.631. The van der Waals surface area contributed by atoms with Gasteiger partial charge >= 0.3 is 5.97 Å². The largest absolute Gasteiger partial charge is 0.481 e. The first-order chi connectivity index (χ1) is 9.58. The summed E-state index contributed by atoms with van der Waals surface area (Å²) in [5.74, 6) is -1.17. The summed E-state index contributed by atoms with van der Waals surface area (Å²) in [4.78, 5) is 26.8. The number of nitrogens with zero attached hydrogens (tertiary/aromatic N) is 2. The zero-order valence-electron chi connectivity index (χ0n) is 10.4. The third kappa shape index (κ3) is 3.58. The first-order valence-corrected chi connectivity index (χ1v) is 7.12. The number of carbonyl (C=O) groups excluding carboxylic acids is 1. The molecule has 2 aromatic heterocycles. The molecule has 0 aliphatic rings. The molecule has 0 aliphatic heterocycles. The molecule has 0 atom stereocenters. The third-order valence-corrected chi connectivity index (χ3v) is 3.55. The predicted molar refractivity (Wildman–Crippen MR) is 77.0 cm³/mol. The van der Waals surface area contributed by atoms with E-state index in [1.807, 2.05) is 11.6 Å². The average molecular weight is 314 g/mol. The minimum absolute atomic E-state index is 0.0357. The second-order valence-corrected chi connectivity index (χ2v) is 5.20. The molecule has 0 radical (unpaired) electrons. The summed E-state index contributed by atoms with van der Waals surface area (Å²) in [6, 6.07) is 0. The van der Waals surface area contributed by atoms with Crippen LogP contribution in [0.25, 0.3) is 11.0 Å². The zero-order valence-corrected chi connectivity index (χ0v) is 11.9. The number of fused-ring (bicyclic) bond motifs is 1. The summed E-state index contributed by atoms with van der Waals surface area (Å²) in [5.41, 5.74) is 0.642. The molecule has 106 valence electrons. The highest BCUT2D eigenvalue weighted by molar-refractivity contribution is 7.15. The lowest BCUT2D eigenvalue weighted by atomic mass is 10.3. The number of imidazole rings is 1. The zero-order chi connectivity index (χ0) is 14.5. The molecule has 6 nitrogen and oxygen atoms in total. The minimum Gasteiger partial charge on any atom is -0.481 e. The first kappa shape index (κ1) is 14.5. The van der Waals surface area contributed by atoms with E-state index in [-0.39, 0.29) is 12.3 Å². The van der Waals surface area contributed by atoms with Crippen molar-refractivity contribution in [3.63, 3.8) is 0 Å². The predicted octanol–water partition coefficient (Wildman–Crippen LogP) is 2.04. The van der Waals surface area contributed by atoms with E-state index < -0.39 is 5.97 Å². The van der Waals surface area contributed by atoms with Crippen molar-refractivity contribution in [3.05, 3.63) is 28.5 Å². The van der Waals surface area contributed by atoms with Crippen LogP contribution in [0.5, 0.6) is 0 Å². The molecule has 0 aromatic carbocycles. The Labute approximate surface area is 123 Å². The van der Waals surface area contributed by atoms with Crippen LogP contribution in [0.3, 0.4) is 0 Å². The Morgan fingerprint density at radius 3 is 3.10 bits per heavy atom. The van der Waals surface area contributed by atoms with Crippen LogP contribution >= 0.6 is 22.9 Å². The summed E-state index contributed by atoms with van der Waals surface area (Å²) in [7, 11) is 0. The Hall–Kier alpha value is -1.86. The van der Waals surface area contributed by atoms with Gasteiger partial charge in [0.25, 0.3) is 0 Å². The van der Waals surface area contributed by atoms with Gasteiger partial charge in [0.05, 0.1) is 5.69 Å². The maximum atomic E-state index is 11.6. The molecule has 8 heteroatoms. The van der Waals surface area contributed by atoms with Gasteiger partial charge in [-0.25, -0.2) is 4.98 Å². The van der Waals surface area contributed by atoms with Crippen LogP contribution < -0.4 is 5.32 Å². The molecule has 0 fully saturated rings. The molecule has 2 heterocycles. The molecular weight excluding hydrogens is 302 g/mol. The number of carboxylic acid groups (broad SMARTS) is 1. The van der Waals surface area contributed by atoms with E-state index in [1.54, 1.807) is 10.5 Å². The number of hydrogen-bond acceptors (Lipinski definition) is 4. The van der Waals surface area contributed by atoms with Gasteiger partial charge in [-0.2, -0.15) is 0 Å². The highest BCUT2D eigenvalue weighted by atomic mass is 35.5. The summed E-state index contributed by atoms with van der Waals surface area (Å²) >= 11 is 7.43. The van der Waals surface area contributed by atoms with Crippen LogP contribution in [-0.4, -0.2) is 32.9 Å². The van der Waals surface area contributed by atoms with Gasteiger partial charge in [0.2, 0.25) is 5.91 Å². The number of thiazole rings is 1. The Kier molecular flexibility index (Phi) is 4.75. The van der Waals surface area contributed by atoms with Crippen LogP contribution in [0, 0.1) is 0 Å². The van der Waals surface area contributed by atoms with Gasteiger partial charge in [-0.3, -0.25) is 14.0 Å². The molecule has 1 amide bonds. The topological polar surface area (TPSA) is 83.7 Å². The molecule has 0 unspecified atom stereocenters. The molecule has 0 saturated carbocycles. The highest BCUT2D eigenvalue weighted by Gasteiger charge is 2.08. The number of aliphatic carboxylic acids is 1. The number of aromatic nitrogens is 2. The number of hydrogen-bond donors (Lipinski definition) is 2. The summed E-state index contributed by atoms with van der Waals surface area (Å²) < 4.78 is 1.79. The molecule has 0 saturated heterocycles. The van der Waals surface area contributed by atoms with Crippen molar-refractivity contribution in [1.82, 2.24) is 14.7 Å². The molecule has 0 bridgehead atoms. The molecule has 0 aliphatic carbocycles. The van der Waals surface area contributed by atoms with Gasteiger partial charge in [-0.1, -0.05) is 11.6 Å². The number of halogens is 1. The molecule has 20 heavy (non-hydrogen) atoms. The normalized spacial score (nSPS) is 11.2. The Morgan fingerprint density at radius 2 is 2.35 bits per heavy atom. The van der Waals surface area contributed by atoms with Crippen molar-refractivity contribution in [3.8, 4) is 0 Å². The van der Waals surface area contributed by atoms with Crippen molar-refractivity contribution in [2.24, 2.45) is 0 Å². The van der Waals surface area contributed by atoms with Gasteiger partial charge in [0.1, 0.15) is 0 Å². The van der Waals surface area contributed by atoms with Crippen LogP contribution in [0.15, 0.2) is 17.7 Å². The van der Waals surface area contributed by atoms with E-state index in [9.17, 15) is 9.59 Å².